The fourth-order valence-electron chi connectivity index (χ4n) is 4.33. The Morgan fingerprint density at radius 2 is 1.73 bits per heavy atom. The number of rotatable bonds is 5. The molecule has 2 heterocycles. The average molecular weight is 423 g/mol. The van der Waals surface area contributed by atoms with Crippen molar-refractivity contribution in [2.75, 3.05) is 6.26 Å². The number of pyridine rings is 1. The molecule has 0 bridgehead atoms. The Labute approximate surface area is 177 Å². The lowest BCUT2D eigenvalue weighted by Gasteiger charge is -2.35. The summed E-state index contributed by atoms with van der Waals surface area (Å²) in [4.78, 5) is 13.0. The third-order valence-electron chi connectivity index (χ3n) is 5.74. The number of nitrogens with one attached hydrogen (secondary N) is 1. The van der Waals surface area contributed by atoms with Crippen LogP contribution in [0.2, 0.25) is 0 Å². The van der Waals surface area contributed by atoms with Crippen molar-refractivity contribution in [2.45, 2.75) is 38.3 Å². The van der Waals surface area contributed by atoms with Crippen molar-refractivity contribution in [3.8, 4) is 11.1 Å². The molecule has 0 spiro atoms. The van der Waals surface area contributed by atoms with Crippen LogP contribution in [0, 0.1) is 6.92 Å². The molecule has 3 aromatic rings. The Balaban J connectivity index is 1.75. The Kier molecular flexibility index (Phi) is 5.62. The van der Waals surface area contributed by atoms with Gasteiger partial charge in [0.1, 0.15) is 0 Å². The van der Waals surface area contributed by atoms with E-state index in [2.05, 4.69) is 29.0 Å². The quantitative estimate of drug-likeness (QED) is 0.685. The molecule has 156 valence electrons. The third kappa shape index (κ3) is 4.40. The Bertz CT molecular complexity index is 1220. The molecule has 6 heteroatoms. The van der Waals surface area contributed by atoms with Crippen LogP contribution in [0.15, 0.2) is 71.5 Å². The number of hydrogen-bond donors (Lipinski definition) is 1. The van der Waals surface area contributed by atoms with Crippen molar-refractivity contribution < 1.29 is 8.42 Å². The monoisotopic (exact) mass is 422 g/mol. The minimum Gasteiger partial charge on any atom is -0.307 e. The van der Waals surface area contributed by atoms with Crippen molar-refractivity contribution in [1.82, 2.24) is 9.29 Å². The predicted octanol–water partition coefficient (Wildman–Crippen LogP) is 3.47. The molecular formula is C24H26N2O3S. The Hall–Kier alpha value is -2.70. The minimum atomic E-state index is -3.39. The van der Waals surface area contributed by atoms with E-state index >= 15 is 0 Å². The number of nitrogens with zero attached hydrogens (tertiary/aromatic N) is 1. The van der Waals surface area contributed by atoms with Gasteiger partial charge in [-0.15, -0.1) is 0 Å². The van der Waals surface area contributed by atoms with Crippen molar-refractivity contribution >= 4 is 10.0 Å². The summed E-state index contributed by atoms with van der Waals surface area (Å²) < 4.78 is 28.6. The number of aryl methyl sites for hydroxylation is 2. The molecule has 30 heavy (non-hydrogen) atoms. The smallest absolute Gasteiger partial charge is 0.253 e. The first-order valence-electron chi connectivity index (χ1n) is 10.1. The number of aromatic nitrogens is 1. The molecule has 0 saturated carbocycles. The van der Waals surface area contributed by atoms with Gasteiger partial charge in [0, 0.05) is 17.3 Å². The number of hydrogen-bond acceptors (Lipinski definition) is 3. The number of sulfonamides is 1. The molecular weight excluding hydrogens is 396 g/mol. The molecule has 2 atom stereocenters. The van der Waals surface area contributed by atoms with E-state index in [9.17, 15) is 13.2 Å². The van der Waals surface area contributed by atoms with Crippen molar-refractivity contribution in [3.63, 3.8) is 0 Å². The highest BCUT2D eigenvalue weighted by atomic mass is 32.2. The lowest BCUT2D eigenvalue weighted by molar-refractivity contribution is 0.315. The van der Waals surface area contributed by atoms with Gasteiger partial charge < -0.3 is 4.57 Å². The molecule has 0 fully saturated rings. The van der Waals surface area contributed by atoms with Crippen molar-refractivity contribution in [2.24, 2.45) is 0 Å². The molecule has 0 amide bonds. The summed E-state index contributed by atoms with van der Waals surface area (Å²) in [5, 5.41) is 0. The van der Waals surface area contributed by atoms with Crippen LogP contribution in [0.25, 0.3) is 11.1 Å². The van der Waals surface area contributed by atoms with E-state index in [1.807, 2.05) is 42.5 Å². The first-order chi connectivity index (χ1) is 14.3. The maximum Gasteiger partial charge on any atom is 0.253 e. The molecule has 0 aliphatic carbocycles. The lowest BCUT2D eigenvalue weighted by Crippen LogP contribution is -2.48. The molecule has 1 N–H and O–H groups in total. The largest absolute Gasteiger partial charge is 0.307 e. The van der Waals surface area contributed by atoms with E-state index < -0.39 is 10.0 Å². The van der Waals surface area contributed by atoms with Gasteiger partial charge in [0.05, 0.1) is 12.3 Å². The summed E-state index contributed by atoms with van der Waals surface area (Å²) in [7, 11) is -3.39. The topological polar surface area (TPSA) is 68.2 Å². The van der Waals surface area contributed by atoms with Gasteiger partial charge >= 0.3 is 0 Å². The van der Waals surface area contributed by atoms with E-state index in [0.717, 1.165) is 22.4 Å². The molecule has 0 saturated heterocycles. The van der Waals surface area contributed by atoms with Crippen LogP contribution in [0.5, 0.6) is 0 Å². The van der Waals surface area contributed by atoms with E-state index in [-0.39, 0.29) is 17.6 Å². The minimum absolute atomic E-state index is 0.0447. The summed E-state index contributed by atoms with van der Waals surface area (Å²) in [6.07, 6.45) is 3.08. The average Bonchev–Trinajstić information content (AvgIpc) is 2.72. The van der Waals surface area contributed by atoms with Crippen LogP contribution in [-0.4, -0.2) is 25.3 Å². The first-order valence-corrected chi connectivity index (χ1v) is 12.0. The van der Waals surface area contributed by atoms with Crippen LogP contribution in [0.3, 0.4) is 0 Å². The Morgan fingerprint density at radius 3 is 2.47 bits per heavy atom. The zero-order valence-corrected chi connectivity index (χ0v) is 18.0. The van der Waals surface area contributed by atoms with Gasteiger partial charge in [-0.1, -0.05) is 60.7 Å². The summed E-state index contributed by atoms with van der Waals surface area (Å²) in [5.74, 6) is 0. The van der Waals surface area contributed by atoms with Crippen LogP contribution in [0.1, 0.15) is 29.3 Å². The van der Waals surface area contributed by atoms with E-state index in [0.29, 0.717) is 24.8 Å². The third-order valence-corrected chi connectivity index (χ3v) is 6.47. The summed E-state index contributed by atoms with van der Waals surface area (Å²) >= 11 is 0. The van der Waals surface area contributed by atoms with Gasteiger partial charge in [-0.25, -0.2) is 13.1 Å². The maximum absolute atomic E-state index is 13.0. The molecule has 0 radical (unpaired) electrons. The van der Waals surface area contributed by atoms with E-state index in [1.54, 1.807) is 11.5 Å². The SMILES string of the molecule is Cc1ccc2n(c1=O)[C@@H](Cc1cccc(-c3ccccc3)c1)[C@@H](NS(C)(=O)=O)CC2. The van der Waals surface area contributed by atoms with Crippen molar-refractivity contribution in [1.29, 1.82) is 0 Å². The fraction of sp³-hybridized carbons (Fsp3) is 0.292. The van der Waals surface area contributed by atoms with Gasteiger partial charge in [0.2, 0.25) is 10.0 Å². The van der Waals surface area contributed by atoms with Gasteiger partial charge in [0.15, 0.2) is 0 Å². The molecule has 2 aromatic carbocycles. The van der Waals surface area contributed by atoms with Gasteiger partial charge in [-0.05, 0) is 48.9 Å². The summed E-state index contributed by atoms with van der Waals surface area (Å²) in [6, 6.07) is 21.6. The zero-order valence-electron chi connectivity index (χ0n) is 17.2. The zero-order chi connectivity index (χ0) is 21.3. The maximum atomic E-state index is 13.0. The highest BCUT2D eigenvalue weighted by molar-refractivity contribution is 7.88. The van der Waals surface area contributed by atoms with Crippen LogP contribution >= 0.6 is 0 Å². The fourth-order valence-corrected chi connectivity index (χ4v) is 5.16. The van der Waals surface area contributed by atoms with Gasteiger partial charge in [-0.2, -0.15) is 0 Å². The van der Waals surface area contributed by atoms with Crippen molar-refractivity contribution in [3.05, 3.63) is 93.9 Å². The summed E-state index contributed by atoms with van der Waals surface area (Å²) in [6.45, 7) is 1.80. The van der Waals surface area contributed by atoms with Crippen LogP contribution in [-0.2, 0) is 22.9 Å². The first kappa shape index (κ1) is 20.6. The van der Waals surface area contributed by atoms with E-state index in [4.69, 9.17) is 0 Å². The summed E-state index contributed by atoms with van der Waals surface area (Å²) in [5.41, 5.74) is 4.89. The highest BCUT2D eigenvalue weighted by Gasteiger charge is 2.32. The second-order valence-electron chi connectivity index (χ2n) is 8.06. The van der Waals surface area contributed by atoms with E-state index in [1.165, 1.54) is 6.26 Å². The Morgan fingerprint density at radius 1 is 1.00 bits per heavy atom. The second kappa shape index (κ2) is 8.20. The molecule has 1 aliphatic heterocycles. The van der Waals surface area contributed by atoms with Crippen LogP contribution < -0.4 is 10.3 Å². The lowest BCUT2D eigenvalue weighted by atomic mass is 9.90. The second-order valence-corrected chi connectivity index (χ2v) is 9.84. The predicted molar refractivity (Wildman–Crippen MR) is 120 cm³/mol. The number of fused-ring (bicyclic) bond motifs is 1. The van der Waals surface area contributed by atoms with Gasteiger partial charge in [0.25, 0.3) is 5.56 Å². The normalized spacial score (nSPS) is 18.7. The molecule has 1 aliphatic rings. The molecule has 5 nitrogen and oxygen atoms in total. The van der Waals surface area contributed by atoms with Crippen LogP contribution in [0.4, 0.5) is 0 Å². The highest BCUT2D eigenvalue weighted by Crippen LogP contribution is 2.29. The number of benzene rings is 2. The standard InChI is InChI=1S/C24H26N2O3S/c1-17-11-12-21-13-14-22(25-30(2,28)29)23(26(21)24(17)27)16-18-7-6-10-20(15-18)19-8-4-3-5-9-19/h3-12,15,22-23,25H,13-14,16H2,1-2H3/t22-,23-/m0/s1. The van der Waals surface area contributed by atoms with Gasteiger partial charge in [-0.3, -0.25) is 4.79 Å². The molecule has 0 unspecified atom stereocenters. The molecule has 1 aromatic heterocycles. The molecule has 4 rings (SSSR count).